The van der Waals surface area contributed by atoms with Crippen LogP contribution in [0.1, 0.15) is 5.69 Å². The average molecular weight is 267 g/mol. The summed E-state index contributed by atoms with van der Waals surface area (Å²) in [6.07, 6.45) is 0. The lowest BCUT2D eigenvalue weighted by molar-refractivity contribution is 0.101. The predicted octanol–water partition coefficient (Wildman–Crippen LogP) is -1.66. The highest BCUT2D eigenvalue weighted by molar-refractivity contribution is 5.01. The summed E-state index contributed by atoms with van der Waals surface area (Å²) in [5.41, 5.74) is 3.42. The zero-order valence-electron chi connectivity index (χ0n) is 11.7. The highest BCUT2D eigenvalue weighted by atomic mass is 16.2. The summed E-state index contributed by atoms with van der Waals surface area (Å²) in [5.74, 6) is 0. The van der Waals surface area contributed by atoms with Crippen LogP contribution in [0.15, 0.2) is 15.7 Å². The van der Waals surface area contributed by atoms with Gasteiger partial charge in [0.25, 0.3) is 5.56 Å². The monoisotopic (exact) mass is 267 g/mol. The molecule has 106 valence electrons. The van der Waals surface area contributed by atoms with Gasteiger partial charge in [0.2, 0.25) is 0 Å². The summed E-state index contributed by atoms with van der Waals surface area (Å²) in [4.78, 5) is 25.7. The fourth-order valence-corrected chi connectivity index (χ4v) is 2.11. The maximum absolute atomic E-state index is 11.8. The Bertz CT molecular complexity index is 554. The van der Waals surface area contributed by atoms with E-state index in [2.05, 4.69) is 22.4 Å². The molecule has 1 aromatic rings. The van der Waals surface area contributed by atoms with Crippen LogP contribution in [0.25, 0.3) is 0 Å². The molecule has 0 aliphatic carbocycles. The van der Waals surface area contributed by atoms with Gasteiger partial charge in [-0.3, -0.25) is 13.9 Å². The molecule has 1 fully saturated rings. The molecule has 1 aliphatic heterocycles. The van der Waals surface area contributed by atoms with Crippen LogP contribution < -0.4 is 16.7 Å². The molecule has 1 saturated heterocycles. The highest BCUT2D eigenvalue weighted by Crippen LogP contribution is 1.97. The molecular formula is C12H21N5O2. The van der Waals surface area contributed by atoms with Gasteiger partial charge in [-0.1, -0.05) is 0 Å². The minimum atomic E-state index is -0.289. The summed E-state index contributed by atoms with van der Waals surface area (Å²) in [5, 5.41) is 2.13. The van der Waals surface area contributed by atoms with Gasteiger partial charge in [0.05, 0.1) is 6.54 Å². The Balaban J connectivity index is 2.04. The summed E-state index contributed by atoms with van der Waals surface area (Å²) in [7, 11) is 5.27. The Labute approximate surface area is 112 Å². The Kier molecular flexibility index (Phi) is 4.18. The van der Waals surface area contributed by atoms with Gasteiger partial charge in [0.1, 0.15) is 0 Å². The molecule has 7 nitrogen and oxygen atoms in total. The van der Waals surface area contributed by atoms with Crippen LogP contribution in [0.3, 0.4) is 0 Å². The Morgan fingerprint density at radius 2 is 1.68 bits per heavy atom. The van der Waals surface area contributed by atoms with Crippen LogP contribution in [0.2, 0.25) is 0 Å². The summed E-state index contributed by atoms with van der Waals surface area (Å²) in [6.45, 7) is 4.40. The molecule has 2 rings (SSSR count). The molecule has 0 atom stereocenters. The van der Waals surface area contributed by atoms with Gasteiger partial charge in [-0.2, -0.15) is 0 Å². The van der Waals surface area contributed by atoms with Crippen LogP contribution in [0, 0.1) is 0 Å². The maximum Gasteiger partial charge on any atom is 0.330 e. The number of hydrogen-bond acceptors (Lipinski definition) is 5. The molecule has 0 bridgehead atoms. The first-order chi connectivity index (χ1) is 8.99. The smallest absolute Gasteiger partial charge is 0.304 e. The molecule has 1 aromatic heterocycles. The lowest BCUT2D eigenvalue weighted by atomic mass is 10.3. The molecule has 1 N–H and O–H groups in total. The SMILES string of the molecule is CN1CCN(NCc2cc(=O)n(C)c(=O)n2C)CC1. The van der Waals surface area contributed by atoms with Crippen LogP contribution >= 0.6 is 0 Å². The highest BCUT2D eigenvalue weighted by Gasteiger charge is 2.14. The maximum atomic E-state index is 11.8. The molecular weight excluding hydrogens is 246 g/mol. The fourth-order valence-electron chi connectivity index (χ4n) is 2.11. The van der Waals surface area contributed by atoms with Gasteiger partial charge in [-0.25, -0.2) is 15.2 Å². The van der Waals surface area contributed by atoms with E-state index in [-0.39, 0.29) is 11.2 Å². The lowest BCUT2D eigenvalue weighted by Crippen LogP contribution is -2.51. The van der Waals surface area contributed by atoms with Crippen molar-refractivity contribution in [3.05, 3.63) is 32.6 Å². The van der Waals surface area contributed by atoms with Crippen molar-refractivity contribution in [2.75, 3.05) is 33.2 Å². The summed E-state index contributed by atoms with van der Waals surface area (Å²) < 4.78 is 2.61. The zero-order chi connectivity index (χ0) is 14.0. The molecule has 7 heteroatoms. The van der Waals surface area contributed by atoms with E-state index in [0.717, 1.165) is 30.7 Å². The Morgan fingerprint density at radius 1 is 1.05 bits per heavy atom. The Morgan fingerprint density at radius 3 is 2.32 bits per heavy atom. The first kappa shape index (κ1) is 14.0. The van der Waals surface area contributed by atoms with Gasteiger partial charge >= 0.3 is 5.69 Å². The van der Waals surface area contributed by atoms with E-state index in [1.54, 1.807) is 7.05 Å². The molecule has 19 heavy (non-hydrogen) atoms. The number of rotatable bonds is 3. The van der Waals surface area contributed by atoms with Crippen molar-refractivity contribution in [3.63, 3.8) is 0 Å². The summed E-state index contributed by atoms with van der Waals surface area (Å²) >= 11 is 0. The zero-order valence-corrected chi connectivity index (χ0v) is 11.7. The van der Waals surface area contributed by atoms with Crippen molar-refractivity contribution >= 4 is 0 Å². The lowest BCUT2D eigenvalue weighted by Gasteiger charge is -2.32. The predicted molar refractivity (Wildman–Crippen MR) is 72.8 cm³/mol. The van der Waals surface area contributed by atoms with Crippen molar-refractivity contribution in [2.45, 2.75) is 6.54 Å². The molecule has 1 aliphatic rings. The molecule has 0 spiro atoms. The molecule has 2 heterocycles. The minimum absolute atomic E-state index is 0.265. The molecule has 0 saturated carbocycles. The third-order valence-electron chi connectivity index (χ3n) is 3.61. The topological polar surface area (TPSA) is 62.5 Å². The average Bonchev–Trinajstić information content (AvgIpc) is 2.41. The second-order valence-electron chi connectivity index (χ2n) is 5.00. The third kappa shape index (κ3) is 3.12. The number of piperazine rings is 1. The van der Waals surface area contributed by atoms with Gasteiger partial charge in [0, 0.05) is 52.0 Å². The van der Waals surface area contributed by atoms with E-state index in [0.29, 0.717) is 12.2 Å². The van der Waals surface area contributed by atoms with E-state index < -0.39 is 0 Å². The van der Waals surface area contributed by atoms with E-state index in [9.17, 15) is 9.59 Å². The van der Waals surface area contributed by atoms with Crippen LogP contribution in [-0.2, 0) is 20.6 Å². The van der Waals surface area contributed by atoms with Crippen molar-refractivity contribution in [2.24, 2.45) is 14.1 Å². The van der Waals surface area contributed by atoms with E-state index in [1.165, 1.54) is 17.7 Å². The van der Waals surface area contributed by atoms with Crippen LogP contribution in [0.5, 0.6) is 0 Å². The number of hydrogen-bond donors (Lipinski definition) is 1. The number of aromatic nitrogens is 2. The van der Waals surface area contributed by atoms with Gasteiger partial charge in [0.15, 0.2) is 0 Å². The van der Waals surface area contributed by atoms with E-state index in [1.807, 2.05) is 0 Å². The Hall–Kier alpha value is -1.44. The van der Waals surface area contributed by atoms with Crippen LogP contribution in [0.4, 0.5) is 0 Å². The summed E-state index contributed by atoms with van der Waals surface area (Å²) in [6, 6.07) is 1.50. The third-order valence-corrected chi connectivity index (χ3v) is 3.61. The minimum Gasteiger partial charge on any atom is -0.304 e. The first-order valence-corrected chi connectivity index (χ1v) is 6.42. The van der Waals surface area contributed by atoms with Crippen LogP contribution in [-0.4, -0.2) is 52.3 Å². The molecule has 0 amide bonds. The van der Waals surface area contributed by atoms with Gasteiger partial charge in [-0.15, -0.1) is 0 Å². The fraction of sp³-hybridized carbons (Fsp3) is 0.667. The van der Waals surface area contributed by atoms with Crippen molar-refractivity contribution in [1.29, 1.82) is 0 Å². The standard InChI is InChI=1S/C12H21N5O2/c1-14-4-6-17(7-5-14)13-9-10-8-11(18)16(3)12(19)15(10)2/h8,13H,4-7,9H2,1-3H3. The van der Waals surface area contributed by atoms with Gasteiger partial charge < -0.3 is 4.90 Å². The largest absolute Gasteiger partial charge is 0.330 e. The van der Waals surface area contributed by atoms with Crippen molar-refractivity contribution < 1.29 is 0 Å². The first-order valence-electron chi connectivity index (χ1n) is 6.42. The number of likely N-dealkylation sites (N-methyl/N-ethyl adjacent to an activating group) is 1. The molecule has 0 radical (unpaired) electrons. The number of nitrogens with zero attached hydrogens (tertiary/aromatic N) is 4. The van der Waals surface area contributed by atoms with Crippen molar-refractivity contribution in [3.8, 4) is 0 Å². The van der Waals surface area contributed by atoms with E-state index >= 15 is 0 Å². The van der Waals surface area contributed by atoms with Gasteiger partial charge in [-0.05, 0) is 7.05 Å². The van der Waals surface area contributed by atoms with Crippen molar-refractivity contribution in [1.82, 2.24) is 24.5 Å². The normalized spacial score (nSPS) is 17.8. The quantitative estimate of drug-likeness (QED) is 0.710. The molecule has 0 aromatic carbocycles. The second kappa shape index (κ2) is 5.68. The molecule has 0 unspecified atom stereocenters. The van der Waals surface area contributed by atoms with E-state index in [4.69, 9.17) is 0 Å². The second-order valence-corrected chi connectivity index (χ2v) is 5.00. The number of hydrazine groups is 1. The number of nitrogens with one attached hydrogen (secondary N) is 1.